The fraction of sp³-hybridized carbons (Fsp3) is 0.571. The summed E-state index contributed by atoms with van der Waals surface area (Å²) in [6.45, 7) is 0. The molecule has 0 radical (unpaired) electrons. The van der Waals surface area contributed by atoms with Crippen molar-refractivity contribution in [3.8, 4) is 0 Å². The predicted molar refractivity (Wildman–Crippen MR) is 81.8 cm³/mol. The zero-order valence-electron chi connectivity index (χ0n) is 11.7. The molecule has 3 unspecified atom stereocenters. The van der Waals surface area contributed by atoms with Crippen LogP contribution in [0.1, 0.15) is 34.1 Å². The van der Waals surface area contributed by atoms with Crippen LogP contribution in [0.5, 0.6) is 0 Å². The van der Waals surface area contributed by atoms with Gasteiger partial charge in [-0.2, -0.15) is 0 Å². The van der Waals surface area contributed by atoms with E-state index in [4.69, 9.17) is 15.9 Å². The lowest BCUT2D eigenvalue weighted by atomic mass is 10.2. The quantitative estimate of drug-likeness (QED) is 0.488. The minimum Gasteiger partial charge on any atom is -0.481 e. The van der Waals surface area contributed by atoms with E-state index in [-0.39, 0.29) is 26.2 Å². The Labute approximate surface area is 143 Å². The molecule has 3 atom stereocenters. The fourth-order valence-electron chi connectivity index (χ4n) is 2.62. The van der Waals surface area contributed by atoms with Gasteiger partial charge in [0.2, 0.25) is 17.7 Å². The lowest BCUT2D eigenvalue weighted by Gasteiger charge is -2.24. The maximum atomic E-state index is 12.3. The minimum absolute atomic E-state index is 0. The van der Waals surface area contributed by atoms with E-state index in [2.05, 4.69) is 0 Å². The molecule has 0 saturated carbocycles. The second-order valence-corrected chi connectivity index (χ2v) is 5.19. The molecule has 2 rings (SSSR count). The van der Waals surface area contributed by atoms with Crippen LogP contribution in [0.4, 0.5) is 0 Å². The standard InChI is InChI=1S/C12H13N3O8.2CH4/c13-4-1-7(16)14(10(4)20)5-2-8(17)15(11(5)21)6(12(22)23)3-9(18)19;;/h4-6H,1-3,13H2,(H,18,19)(H,22,23);2*1H4. The number of carboxylic acids is 2. The number of likely N-dealkylation sites (tertiary alicyclic amines) is 2. The Kier molecular flexibility index (Phi) is 6.95. The zero-order chi connectivity index (χ0) is 17.5. The topological polar surface area (TPSA) is 175 Å². The van der Waals surface area contributed by atoms with Crippen molar-refractivity contribution in [3.05, 3.63) is 0 Å². The SMILES string of the molecule is C.C.NC1CC(=O)N(C2CC(=O)N(C(CC(=O)O)C(=O)O)C2=O)C1=O. The Morgan fingerprint density at radius 1 is 1.04 bits per heavy atom. The number of nitrogens with zero attached hydrogens (tertiary/aromatic N) is 2. The molecule has 2 aliphatic heterocycles. The second kappa shape index (κ2) is 7.83. The van der Waals surface area contributed by atoms with E-state index in [1.807, 2.05) is 0 Å². The first kappa shape index (κ1) is 22.2. The maximum absolute atomic E-state index is 12.3. The van der Waals surface area contributed by atoms with E-state index in [0.717, 1.165) is 0 Å². The highest BCUT2D eigenvalue weighted by atomic mass is 16.4. The van der Waals surface area contributed by atoms with Gasteiger partial charge < -0.3 is 15.9 Å². The van der Waals surface area contributed by atoms with Crippen molar-refractivity contribution in [3.63, 3.8) is 0 Å². The van der Waals surface area contributed by atoms with Gasteiger partial charge in [0, 0.05) is 0 Å². The normalized spacial score (nSPS) is 24.0. The molecule has 11 nitrogen and oxygen atoms in total. The molecular formula is C14H21N3O8. The Hall–Kier alpha value is -2.82. The molecule has 0 bridgehead atoms. The molecule has 140 valence electrons. The number of amides is 4. The van der Waals surface area contributed by atoms with Crippen LogP contribution in [0, 0.1) is 0 Å². The number of carboxylic acid groups (broad SMARTS) is 2. The molecule has 2 heterocycles. The second-order valence-electron chi connectivity index (χ2n) is 5.19. The third kappa shape index (κ3) is 3.82. The van der Waals surface area contributed by atoms with Gasteiger partial charge in [-0.3, -0.25) is 33.8 Å². The van der Waals surface area contributed by atoms with Gasteiger partial charge in [-0.25, -0.2) is 4.79 Å². The molecule has 2 saturated heterocycles. The number of rotatable bonds is 5. The molecule has 0 aromatic carbocycles. The van der Waals surface area contributed by atoms with Crippen LogP contribution in [0.25, 0.3) is 0 Å². The van der Waals surface area contributed by atoms with E-state index in [1.54, 1.807) is 0 Å². The molecule has 0 spiro atoms. The molecule has 0 aliphatic carbocycles. The van der Waals surface area contributed by atoms with Gasteiger partial charge >= 0.3 is 11.9 Å². The number of imide groups is 2. The zero-order valence-corrected chi connectivity index (χ0v) is 11.7. The molecule has 11 heteroatoms. The minimum atomic E-state index is -1.90. The smallest absolute Gasteiger partial charge is 0.327 e. The molecular weight excluding hydrogens is 338 g/mol. The van der Waals surface area contributed by atoms with E-state index in [1.165, 1.54) is 0 Å². The van der Waals surface area contributed by atoms with Crippen molar-refractivity contribution >= 4 is 35.6 Å². The summed E-state index contributed by atoms with van der Waals surface area (Å²) in [6.07, 6.45) is -1.89. The maximum Gasteiger partial charge on any atom is 0.327 e. The number of hydrogen-bond acceptors (Lipinski definition) is 7. The Balaban J connectivity index is 0.00000288. The number of carbonyl (C=O) groups is 6. The van der Waals surface area contributed by atoms with Crippen LogP contribution in [0.3, 0.4) is 0 Å². The van der Waals surface area contributed by atoms with Gasteiger partial charge in [0.1, 0.15) is 12.1 Å². The van der Waals surface area contributed by atoms with Crippen molar-refractivity contribution in [2.24, 2.45) is 5.73 Å². The van der Waals surface area contributed by atoms with Crippen molar-refractivity contribution in [2.75, 3.05) is 0 Å². The van der Waals surface area contributed by atoms with Crippen molar-refractivity contribution in [2.45, 2.75) is 52.2 Å². The summed E-state index contributed by atoms with van der Waals surface area (Å²) in [6, 6.07) is -4.50. The van der Waals surface area contributed by atoms with Crippen molar-refractivity contribution in [1.82, 2.24) is 9.80 Å². The summed E-state index contributed by atoms with van der Waals surface area (Å²) in [7, 11) is 0. The van der Waals surface area contributed by atoms with Crippen LogP contribution < -0.4 is 5.73 Å². The summed E-state index contributed by atoms with van der Waals surface area (Å²) >= 11 is 0. The molecule has 0 aromatic rings. The fourth-order valence-corrected chi connectivity index (χ4v) is 2.62. The first-order valence-electron chi connectivity index (χ1n) is 6.57. The Morgan fingerprint density at radius 2 is 1.60 bits per heavy atom. The first-order chi connectivity index (χ1) is 10.6. The number of hydrogen-bond donors (Lipinski definition) is 3. The third-order valence-electron chi connectivity index (χ3n) is 3.65. The predicted octanol–water partition coefficient (Wildman–Crippen LogP) is -1.60. The van der Waals surface area contributed by atoms with Crippen molar-refractivity contribution in [1.29, 1.82) is 0 Å². The first-order valence-corrected chi connectivity index (χ1v) is 6.57. The van der Waals surface area contributed by atoms with Gasteiger partial charge in [-0.15, -0.1) is 0 Å². The van der Waals surface area contributed by atoms with E-state index in [0.29, 0.717) is 4.90 Å². The molecule has 25 heavy (non-hydrogen) atoms. The third-order valence-corrected chi connectivity index (χ3v) is 3.65. The lowest BCUT2D eigenvalue weighted by molar-refractivity contribution is -0.159. The van der Waals surface area contributed by atoms with Crippen LogP contribution in [0.2, 0.25) is 0 Å². The number of aliphatic carboxylic acids is 2. The Morgan fingerprint density at radius 3 is 2.00 bits per heavy atom. The largest absolute Gasteiger partial charge is 0.481 e. The number of carbonyl (C=O) groups excluding carboxylic acids is 4. The highest BCUT2D eigenvalue weighted by Gasteiger charge is 2.52. The average Bonchev–Trinajstić information content (AvgIpc) is 2.84. The lowest BCUT2D eigenvalue weighted by Crippen LogP contribution is -2.51. The summed E-state index contributed by atoms with van der Waals surface area (Å²) in [4.78, 5) is 70.5. The van der Waals surface area contributed by atoms with Crippen LogP contribution in [-0.2, 0) is 28.8 Å². The van der Waals surface area contributed by atoms with Crippen LogP contribution in [-0.4, -0.2) is 73.7 Å². The van der Waals surface area contributed by atoms with Gasteiger partial charge in [0.15, 0.2) is 0 Å². The Bertz CT molecular complexity index is 632. The molecule has 4 amide bonds. The summed E-state index contributed by atoms with van der Waals surface area (Å²) < 4.78 is 0. The summed E-state index contributed by atoms with van der Waals surface area (Å²) in [5, 5.41) is 17.8. The molecule has 0 aromatic heterocycles. The highest BCUT2D eigenvalue weighted by molar-refractivity contribution is 6.14. The van der Waals surface area contributed by atoms with Crippen LogP contribution in [0.15, 0.2) is 0 Å². The average molecular weight is 359 g/mol. The van der Waals surface area contributed by atoms with E-state index in [9.17, 15) is 28.8 Å². The van der Waals surface area contributed by atoms with Crippen molar-refractivity contribution < 1.29 is 39.0 Å². The molecule has 4 N–H and O–H groups in total. The summed E-state index contributed by atoms with van der Waals surface area (Å²) in [5.74, 6) is -6.81. The van der Waals surface area contributed by atoms with E-state index >= 15 is 0 Å². The molecule has 2 aliphatic rings. The van der Waals surface area contributed by atoms with Gasteiger partial charge in [-0.05, 0) is 0 Å². The monoisotopic (exact) mass is 359 g/mol. The highest BCUT2D eigenvalue weighted by Crippen LogP contribution is 2.26. The van der Waals surface area contributed by atoms with Crippen LogP contribution >= 0.6 is 0 Å². The molecule has 2 fully saturated rings. The van der Waals surface area contributed by atoms with Gasteiger partial charge in [0.05, 0.1) is 25.3 Å². The van der Waals surface area contributed by atoms with E-state index < -0.39 is 66.5 Å². The summed E-state index contributed by atoms with van der Waals surface area (Å²) in [5.41, 5.74) is 5.42. The van der Waals surface area contributed by atoms with Gasteiger partial charge in [-0.1, -0.05) is 14.9 Å². The van der Waals surface area contributed by atoms with Gasteiger partial charge in [0.25, 0.3) is 5.91 Å². The number of nitrogens with two attached hydrogens (primary N) is 1.